The molecule has 0 bridgehead atoms. The largest absolute Gasteiger partial charge is 0.854 e. The van der Waals surface area contributed by atoms with Crippen molar-refractivity contribution in [3.8, 4) is 0 Å². The Balaban J connectivity index is 0.000000213. The molecule has 4 rings (SSSR count). The number of rotatable bonds is 12. The van der Waals surface area contributed by atoms with Crippen LogP contribution < -0.4 is 10.2 Å². The van der Waals surface area contributed by atoms with Gasteiger partial charge in [-0.25, -0.2) is 0 Å². The predicted molar refractivity (Wildman–Crippen MR) is 164 cm³/mol. The Morgan fingerprint density at radius 1 is 0.462 bits per heavy atom. The van der Waals surface area contributed by atoms with Crippen LogP contribution >= 0.6 is 0 Å². The Hall–Kier alpha value is -2.40. The van der Waals surface area contributed by atoms with Gasteiger partial charge in [0.05, 0.1) is 0 Å². The van der Waals surface area contributed by atoms with E-state index in [4.69, 9.17) is 0 Å². The van der Waals surface area contributed by atoms with E-state index in [2.05, 4.69) is 13.8 Å². The van der Waals surface area contributed by atoms with Gasteiger partial charge >= 0.3 is 69.5 Å². The van der Waals surface area contributed by atoms with Crippen LogP contribution in [0.25, 0.3) is 0 Å². The van der Waals surface area contributed by atoms with Crippen molar-refractivity contribution < 1.29 is 10.2 Å². The predicted octanol–water partition coefficient (Wildman–Crippen LogP) is 7.49. The van der Waals surface area contributed by atoms with E-state index >= 15 is 0 Å². The topological polar surface area (TPSA) is 46.1 Å². The second kappa shape index (κ2) is 21.4. The fourth-order valence-corrected chi connectivity index (χ4v) is 8.40. The summed E-state index contributed by atoms with van der Waals surface area (Å²) in [6.07, 6.45) is 5.84. The van der Waals surface area contributed by atoms with E-state index in [0.29, 0.717) is 0 Å². The zero-order valence-electron chi connectivity index (χ0n) is 23.7. The van der Waals surface area contributed by atoms with Crippen LogP contribution in [0.1, 0.15) is 73.6 Å². The molecule has 0 saturated carbocycles. The molecule has 0 fully saturated rings. The van der Waals surface area contributed by atoms with Crippen LogP contribution in [-0.2, 0) is 0 Å². The van der Waals surface area contributed by atoms with Crippen LogP contribution in [0.4, 0.5) is 0 Å². The number of unbranched alkanes of at least 4 members (excludes halogenated alkanes) is 2. The smallest absolute Gasteiger partial charge is 0.00638 e. The fourth-order valence-electron chi connectivity index (χ4n) is 4.24. The first-order valence-electron chi connectivity index (χ1n) is 14.3. The molecule has 4 aromatic carbocycles. The Bertz CT molecular complexity index is 904. The Morgan fingerprint density at radius 3 is 0.923 bits per heavy atom. The fraction of sp³-hybridized carbons (Fsp3) is 0.333. The van der Waals surface area contributed by atoms with Crippen molar-refractivity contribution in [1.29, 1.82) is 0 Å². The SMILES string of the molecule is CCC[CH2][Sn+2][CH2]CCC.[O-]CC(c1ccccc1)c1ccccc1.[O-]CC(c1ccccc1)c1ccccc1. The van der Waals surface area contributed by atoms with Crippen LogP contribution in [0, 0.1) is 0 Å². The van der Waals surface area contributed by atoms with Crippen molar-refractivity contribution in [2.24, 2.45) is 0 Å². The van der Waals surface area contributed by atoms with E-state index in [0.717, 1.165) is 22.3 Å². The number of hydrogen-bond acceptors (Lipinski definition) is 2. The summed E-state index contributed by atoms with van der Waals surface area (Å²) in [5.74, 6) is -0.0419. The van der Waals surface area contributed by atoms with E-state index in [1.807, 2.05) is 121 Å². The first-order valence-corrected chi connectivity index (χ1v) is 18.3. The second-order valence-electron chi connectivity index (χ2n) is 9.54. The van der Waals surface area contributed by atoms with Crippen molar-refractivity contribution in [1.82, 2.24) is 0 Å². The molecule has 0 aromatic heterocycles. The summed E-state index contributed by atoms with van der Waals surface area (Å²) in [6, 6.07) is 39.7. The maximum Gasteiger partial charge on any atom is -0.00638 e. The summed E-state index contributed by atoms with van der Waals surface area (Å²) in [6.45, 7) is 4.38. The molecule has 0 amide bonds. The van der Waals surface area contributed by atoms with Crippen molar-refractivity contribution in [2.75, 3.05) is 13.2 Å². The Kier molecular flexibility index (Phi) is 18.0. The van der Waals surface area contributed by atoms with Crippen molar-refractivity contribution >= 4 is 21.1 Å². The molecule has 0 radical (unpaired) electrons. The average Bonchev–Trinajstić information content (AvgIpc) is 3.01. The maximum absolute atomic E-state index is 11.2. The molecule has 2 nitrogen and oxygen atoms in total. The van der Waals surface area contributed by atoms with Gasteiger partial charge in [0.1, 0.15) is 0 Å². The second-order valence-corrected chi connectivity index (χ2v) is 13.8. The minimum Gasteiger partial charge on any atom is -0.854 e. The van der Waals surface area contributed by atoms with Gasteiger partial charge in [-0.1, -0.05) is 121 Å². The van der Waals surface area contributed by atoms with Crippen LogP contribution in [-0.4, -0.2) is 34.4 Å². The standard InChI is InChI=1S/2C14H13O.2C4H9.Sn/c2*15-11-14(12-7-3-1-4-8-12)13-9-5-2-6-10-13;2*1-3-4-2;/h2*1-10,14H,11H2;2*1,3-4H2,2H3;/q2*-1;;;+2. The van der Waals surface area contributed by atoms with Crippen LogP contribution in [0.2, 0.25) is 8.87 Å². The van der Waals surface area contributed by atoms with Crippen molar-refractivity contribution in [2.45, 2.75) is 60.2 Å². The zero-order valence-corrected chi connectivity index (χ0v) is 26.5. The van der Waals surface area contributed by atoms with E-state index in [1.165, 1.54) is 25.7 Å². The third-order valence-corrected chi connectivity index (χ3v) is 10.6. The van der Waals surface area contributed by atoms with Crippen molar-refractivity contribution in [3.05, 3.63) is 144 Å². The molecule has 4 aromatic rings. The molecule has 39 heavy (non-hydrogen) atoms. The number of hydrogen-bond donors (Lipinski definition) is 0. The minimum atomic E-state index is -0.103. The molecule has 204 valence electrons. The monoisotopic (exact) mass is 628 g/mol. The summed E-state index contributed by atoms with van der Waals surface area (Å²) in [7, 11) is 0. The van der Waals surface area contributed by atoms with Gasteiger partial charge < -0.3 is 10.2 Å². The molecule has 0 unspecified atom stereocenters. The summed E-state index contributed by atoms with van der Waals surface area (Å²) in [4.78, 5) is 0. The van der Waals surface area contributed by atoms with Gasteiger partial charge in [0.25, 0.3) is 0 Å². The van der Waals surface area contributed by atoms with E-state index in [9.17, 15) is 10.2 Å². The quantitative estimate of drug-likeness (QED) is 0.121. The summed E-state index contributed by atoms with van der Waals surface area (Å²) < 4.78 is 3.25. The normalized spacial score (nSPS) is 10.2. The Labute approximate surface area is 247 Å². The molecule has 0 N–H and O–H groups in total. The molecule has 0 atom stereocenters. The van der Waals surface area contributed by atoms with Gasteiger partial charge in [0.2, 0.25) is 0 Å². The van der Waals surface area contributed by atoms with Crippen LogP contribution in [0.15, 0.2) is 121 Å². The third kappa shape index (κ3) is 13.0. The van der Waals surface area contributed by atoms with Gasteiger partial charge in [-0.3, -0.25) is 0 Å². The summed E-state index contributed by atoms with van der Waals surface area (Å²) in [5, 5.41) is 22.5. The molecule has 0 heterocycles. The molecule has 0 saturated heterocycles. The summed E-state index contributed by atoms with van der Waals surface area (Å²) >= 11 is 0.149. The molecule has 0 aliphatic carbocycles. The molecule has 0 aliphatic heterocycles. The van der Waals surface area contributed by atoms with Gasteiger partial charge in [0.15, 0.2) is 0 Å². The molecular formula is C36H44O2Sn. The van der Waals surface area contributed by atoms with Gasteiger partial charge in [-0.2, -0.15) is 0 Å². The zero-order chi connectivity index (χ0) is 28.0. The molecule has 0 spiro atoms. The van der Waals surface area contributed by atoms with E-state index < -0.39 is 0 Å². The van der Waals surface area contributed by atoms with Crippen LogP contribution in [0.5, 0.6) is 0 Å². The molecule has 3 heteroatoms. The molecular weight excluding hydrogens is 583 g/mol. The van der Waals surface area contributed by atoms with Crippen molar-refractivity contribution in [3.63, 3.8) is 0 Å². The Morgan fingerprint density at radius 2 is 0.718 bits per heavy atom. The van der Waals surface area contributed by atoms with Gasteiger partial charge in [-0.15, -0.1) is 13.2 Å². The first kappa shape index (κ1) is 32.8. The summed E-state index contributed by atoms with van der Waals surface area (Å²) in [5.41, 5.74) is 4.38. The average molecular weight is 627 g/mol. The van der Waals surface area contributed by atoms with Crippen LogP contribution in [0.3, 0.4) is 0 Å². The third-order valence-electron chi connectivity index (χ3n) is 6.56. The number of benzene rings is 4. The first-order chi connectivity index (χ1) is 19.2. The molecule has 0 aliphatic rings. The van der Waals surface area contributed by atoms with Gasteiger partial charge in [-0.05, 0) is 34.1 Å². The maximum atomic E-state index is 11.2. The van der Waals surface area contributed by atoms with E-state index in [1.54, 1.807) is 8.87 Å². The van der Waals surface area contributed by atoms with E-state index in [-0.39, 0.29) is 46.2 Å². The van der Waals surface area contributed by atoms with Gasteiger partial charge in [0, 0.05) is 0 Å². The minimum absolute atomic E-state index is 0.0209.